The first-order valence-electron chi connectivity index (χ1n) is 6.50. The van der Waals surface area contributed by atoms with E-state index in [-0.39, 0.29) is 0 Å². The molecule has 106 valence electrons. The maximum Gasteiger partial charge on any atom is 0.327 e. The fourth-order valence-electron chi connectivity index (χ4n) is 2.85. The molecule has 0 amide bonds. The number of carbonyl (C=O) groups is 2. The minimum absolute atomic E-state index is 0.358. The highest BCUT2D eigenvalue weighted by Gasteiger charge is 2.58. The van der Waals surface area contributed by atoms with E-state index in [2.05, 4.69) is 15.9 Å². The van der Waals surface area contributed by atoms with Gasteiger partial charge in [-0.3, -0.25) is 9.59 Å². The van der Waals surface area contributed by atoms with E-state index >= 15 is 0 Å². The van der Waals surface area contributed by atoms with Crippen molar-refractivity contribution >= 4 is 27.9 Å². The van der Waals surface area contributed by atoms with E-state index in [1.165, 1.54) is 0 Å². The predicted molar refractivity (Wildman–Crippen MR) is 75.2 cm³/mol. The smallest absolute Gasteiger partial charge is 0.327 e. The second-order valence-corrected chi connectivity index (χ2v) is 6.41. The van der Waals surface area contributed by atoms with E-state index < -0.39 is 23.1 Å². The lowest BCUT2D eigenvalue weighted by molar-refractivity contribution is -0.250. The number of esters is 2. The Morgan fingerprint density at radius 1 is 1.10 bits per heavy atom. The van der Waals surface area contributed by atoms with Crippen LogP contribution in [0.15, 0.2) is 18.2 Å². The number of rotatable bonds is 1. The molecule has 1 aromatic carbocycles. The first-order valence-corrected chi connectivity index (χ1v) is 7.62. The van der Waals surface area contributed by atoms with Crippen LogP contribution in [0, 0.1) is 5.41 Å². The van der Waals surface area contributed by atoms with Gasteiger partial charge < -0.3 is 9.47 Å². The maximum atomic E-state index is 12.3. The molecule has 0 bridgehead atoms. The number of fused-ring (bicyclic) bond motifs is 1. The topological polar surface area (TPSA) is 52.6 Å². The average molecular weight is 339 g/mol. The van der Waals surface area contributed by atoms with Crippen LogP contribution < -0.4 is 0 Å². The van der Waals surface area contributed by atoms with Crippen molar-refractivity contribution in [3.63, 3.8) is 0 Å². The van der Waals surface area contributed by atoms with Crippen molar-refractivity contribution in [1.82, 2.24) is 0 Å². The van der Waals surface area contributed by atoms with Crippen LogP contribution in [0.3, 0.4) is 0 Å². The molecular weight excluding hydrogens is 324 g/mol. The summed E-state index contributed by atoms with van der Waals surface area (Å²) in [5.74, 6) is -2.12. The molecule has 1 saturated heterocycles. The molecule has 0 aromatic heterocycles. The number of benzene rings is 1. The molecule has 1 aromatic rings. The lowest BCUT2D eigenvalue weighted by Gasteiger charge is -2.38. The Hall–Kier alpha value is -1.36. The van der Waals surface area contributed by atoms with E-state index in [4.69, 9.17) is 9.47 Å². The molecule has 0 radical (unpaired) electrons. The summed E-state index contributed by atoms with van der Waals surface area (Å²) in [6.45, 7) is 3.14. The molecule has 20 heavy (non-hydrogen) atoms. The molecule has 1 aliphatic heterocycles. The standard InChI is InChI=1S/C15H15BrO4/c1-14(2)19-12(17)15(13(18)20-14)6-10-4-3-9(8-16)5-11(10)7-15/h3-5H,6-8H2,1-2H3. The molecule has 0 saturated carbocycles. The Bertz CT molecular complexity index is 586. The van der Waals surface area contributed by atoms with Gasteiger partial charge in [0, 0.05) is 19.2 Å². The highest BCUT2D eigenvalue weighted by Crippen LogP contribution is 2.44. The molecular formula is C15H15BrO4. The van der Waals surface area contributed by atoms with Crippen LogP contribution in [-0.4, -0.2) is 17.7 Å². The fourth-order valence-corrected chi connectivity index (χ4v) is 3.20. The lowest BCUT2D eigenvalue weighted by atomic mass is 9.84. The zero-order chi connectivity index (χ0) is 14.5. The van der Waals surface area contributed by atoms with Crippen LogP contribution in [0.5, 0.6) is 0 Å². The van der Waals surface area contributed by atoms with Crippen LogP contribution in [-0.2, 0) is 37.2 Å². The number of halogens is 1. The minimum atomic E-state index is -1.19. The first kappa shape index (κ1) is 13.6. The van der Waals surface area contributed by atoms with Gasteiger partial charge in [-0.1, -0.05) is 34.1 Å². The SMILES string of the molecule is CC1(C)OC(=O)C2(Cc3ccc(CBr)cc3C2)C(=O)O1. The lowest BCUT2D eigenvalue weighted by Crippen LogP contribution is -2.54. The van der Waals surface area contributed by atoms with E-state index in [1.54, 1.807) is 13.8 Å². The molecule has 3 rings (SSSR count). The third-order valence-electron chi connectivity index (χ3n) is 3.87. The quantitative estimate of drug-likeness (QED) is 0.448. The van der Waals surface area contributed by atoms with E-state index in [0.717, 1.165) is 22.0 Å². The Morgan fingerprint density at radius 3 is 2.30 bits per heavy atom. The molecule has 4 nitrogen and oxygen atoms in total. The number of alkyl halides is 1. The summed E-state index contributed by atoms with van der Waals surface area (Å²) in [5, 5.41) is 0.745. The third-order valence-corrected chi connectivity index (χ3v) is 4.52. The zero-order valence-corrected chi connectivity index (χ0v) is 13.0. The van der Waals surface area contributed by atoms with Gasteiger partial charge >= 0.3 is 11.9 Å². The maximum absolute atomic E-state index is 12.3. The molecule has 5 heteroatoms. The van der Waals surface area contributed by atoms with E-state index in [9.17, 15) is 9.59 Å². The van der Waals surface area contributed by atoms with Crippen LogP contribution in [0.2, 0.25) is 0 Å². The third kappa shape index (κ3) is 1.95. The summed E-state index contributed by atoms with van der Waals surface area (Å²) < 4.78 is 10.6. The highest BCUT2D eigenvalue weighted by molar-refractivity contribution is 9.08. The Morgan fingerprint density at radius 2 is 1.70 bits per heavy atom. The molecule has 0 N–H and O–H groups in total. The summed E-state index contributed by atoms with van der Waals surface area (Å²) in [5.41, 5.74) is 1.97. The average Bonchev–Trinajstić information content (AvgIpc) is 2.75. The van der Waals surface area contributed by atoms with Gasteiger partial charge in [0.1, 0.15) is 0 Å². The summed E-state index contributed by atoms with van der Waals surface area (Å²) in [4.78, 5) is 24.7. The second kappa shape index (κ2) is 4.32. The molecule has 1 heterocycles. The summed E-state index contributed by atoms with van der Waals surface area (Å²) in [7, 11) is 0. The number of hydrogen-bond donors (Lipinski definition) is 0. The minimum Gasteiger partial charge on any atom is -0.422 e. The predicted octanol–water partition coefficient (Wildman–Crippen LogP) is 2.50. The Balaban J connectivity index is 1.97. The van der Waals surface area contributed by atoms with E-state index in [1.807, 2.05) is 18.2 Å². The molecule has 1 fully saturated rings. The number of cyclic esters (lactones) is 2. The molecule has 0 unspecified atom stereocenters. The largest absolute Gasteiger partial charge is 0.422 e. The van der Waals surface area contributed by atoms with Crippen molar-refractivity contribution in [2.24, 2.45) is 5.41 Å². The second-order valence-electron chi connectivity index (χ2n) is 5.85. The van der Waals surface area contributed by atoms with Crippen molar-refractivity contribution in [3.8, 4) is 0 Å². The van der Waals surface area contributed by atoms with Gasteiger partial charge in [0.05, 0.1) is 0 Å². The number of ether oxygens (including phenoxy) is 2. The van der Waals surface area contributed by atoms with Gasteiger partial charge in [0.25, 0.3) is 5.79 Å². The van der Waals surface area contributed by atoms with Gasteiger partial charge in [-0.25, -0.2) is 0 Å². The van der Waals surface area contributed by atoms with Crippen molar-refractivity contribution in [2.75, 3.05) is 0 Å². The number of hydrogen-bond acceptors (Lipinski definition) is 4. The summed E-state index contributed by atoms with van der Waals surface area (Å²) in [6, 6.07) is 6.00. The highest BCUT2D eigenvalue weighted by atomic mass is 79.9. The van der Waals surface area contributed by atoms with Gasteiger partial charge in [-0.2, -0.15) is 0 Å². The summed E-state index contributed by atoms with van der Waals surface area (Å²) in [6.07, 6.45) is 0.718. The van der Waals surface area contributed by atoms with Gasteiger partial charge in [-0.05, 0) is 29.5 Å². The number of carbonyl (C=O) groups excluding carboxylic acids is 2. The molecule has 0 atom stereocenters. The van der Waals surface area contributed by atoms with Crippen LogP contribution in [0.25, 0.3) is 0 Å². The molecule has 2 aliphatic rings. The fraction of sp³-hybridized carbons (Fsp3) is 0.467. The Labute approximate surface area is 125 Å². The van der Waals surface area contributed by atoms with Crippen LogP contribution in [0.4, 0.5) is 0 Å². The monoisotopic (exact) mass is 338 g/mol. The van der Waals surface area contributed by atoms with Crippen LogP contribution in [0.1, 0.15) is 30.5 Å². The van der Waals surface area contributed by atoms with Crippen molar-refractivity contribution < 1.29 is 19.1 Å². The van der Waals surface area contributed by atoms with Crippen molar-refractivity contribution in [1.29, 1.82) is 0 Å². The van der Waals surface area contributed by atoms with Crippen molar-refractivity contribution in [3.05, 3.63) is 34.9 Å². The van der Waals surface area contributed by atoms with Gasteiger partial charge in [0.15, 0.2) is 5.41 Å². The van der Waals surface area contributed by atoms with Gasteiger partial charge in [0.2, 0.25) is 0 Å². The summed E-state index contributed by atoms with van der Waals surface area (Å²) >= 11 is 3.41. The Kier molecular flexibility index (Phi) is 2.94. The van der Waals surface area contributed by atoms with Gasteiger partial charge in [-0.15, -0.1) is 0 Å². The van der Waals surface area contributed by atoms with Crippen molar-refractivity contribution in [2.45, 2.75) is 37.8 Å². The van der Waals surface area contributed by atoms with Crippen LogP contribution >= 0.6 is 15.9 Å². The zero-order valence-electron chi connectivity index (χ0n) is 11.4. The van der Waals surface area contributed by atoms with E-state index in [0.29, 0.717) is 12.8 Å². The molecule has 1 aliphatic carbocycles. The molecule has 1 spiro atoms. The normalized spacial score (nSPS) is 22.4. The first-order chi connectivity index (χ1) is 9.36.